The van der Waals surface area contributed by atoms with Crippen molar-refractivity contribution in [2.75, 3.05) is 7.05 Å². The highest BCUT2D eigenvalue weighted by atomic mass is 19.4. The van der Waals surface area contributed by atoms with Crippen molar-refractivity contribution in [3.63, 3.8) is 0 Å². The molecule has 0 aliphatic heterocycles. The van der Waals surface area contributed by atoms with Crippen LogP contribution in [0.5, 0.6) is 5.75 Å². The Morgan fingerprint density at radius 1 is 0.967 bits per heavy atom. The summed E-state index contributed by atoms with van der Waals surface area (Å²) in [5.41, 5.74) is 2.39. The third-order valence-electron chi connectivity index (χ3n) is 4.37. The molecule has 0 spiro atoms. The Kier molecular flexibility index (Phi) is 6.79. The van der Waals surface area contributed by atoms with Crippen LogP contribution in [0.1, 0.15) is 27.2 Å². The summed E-state index contributed by atoms with van der Waals surface area (Å²) in [5, 5.41) is 2.58. The lowest BCUT2D eigenvalue weighted by atomic mass is 10.1. The summed E-state index contributed by atoms with van der Waals surface area (Å²) in [6, 6.07) is 16.7. The van der Waals surface area contributed by atoms with Crippen LogP contribution in [-0.2, 0) is 19.6 Å². The summed E-state index contributed by atoms with van der Waals surface area (Å²) in [7, 11) is 1.58. The van der Waals surface area contributed by atoms with Crippen molar-refractivity contribution in [3.05, 3.63) is 89.4 Å². The van der Waals surface area contributed by atoms with Crippen LogP contribution in [0.3, 0.4) is 0 Å². The molecule has 3 rings (SSSR count). The van der Waals surface area contributed by atoms with Gasteiger partial charge in [0.2, 0.25) is 0 Å². The van der Waals surface area contributed by atoms with Crippen LogP contribution in [0.25, 0.3) is 0 Å². The van der Waals surface area contributed by atoms with Crippen molar-refractivity contribution < 1.29 is 27.1 Å². The van der Waals surface area contributed by atoms with Gasteiger partial charge in [0.05, 0.1) is 12.8 Å². The maximum absolute atomic E-state index is 12.3. The van der Waals surface area contributed by atoms with Crippen LogP contribution in [0.4, 0.5) is 13.2 Å². The van der Waals surface area contributed by atoms with E-state index in [0.29, 0.717) is 25.2 Å². The second-order valence-electron chi connectivity index (χ2n) is 6.69. The van der Waals surface area contributed by atoms with E-state index >= 15 is 0 Å². The fourth-order valence-electron chi connectivity index (χ4n) is 3.01. The molecule has 1 amide bonds. The van der Waals surface area contributed by atoms with Crippen LogP contribution < -0.4 is 10.1 Å². The van der Waals surface area contributed by atoms with Crippen LogP contribution in [-0.4, -0.2) is 24.2 Å². The molecule has 0 saturated carbocycles. The molecule has 1 N–H and O–H groups in total. The molecule has 0 bridgehead atoms. The van der Waals surface area contributed by atoms with Gasteiger partial charge in [0.15, 0.2) is 0 Å². The average Bonchev–Trinajstić information content (AvgIpc) is 3.21. The van der Waals surface area contributed by atoms with E-state index in [-0.39, 0.29) is 11.7 Å². The first-order valence-corrected chi connectivity index (χ1v) is 9.23. The number of hydrogen-bond acceptors (Lipinski definition) is 4. The Morgan fingerprint density at radius 2 is 1.57 bits per heavy atom. The number of carbonyl (C=O) groups is 1. The Labute approximate surface area is 172 Å². The number of hydrogen-bond donors (Lipinski definition) is 1. The van der Waals surface area contributed by atoms with Gasteiger partial charge in [0.1, 0.15) is 11.5 Å². The number of nitrogens with zero attached hydrogens (tertiary/aromatic N) is 1. The molecular formula is C22H21F3N2O3. The van der Waals surface area contributed by atoms with E-state index in [4.69, 9.17) is 4.42 Å². The largest absolute Gasteiger partial charge is 0.573 e. The zero-order valence-electron chi connectivity index (χ0n) is 16.3. The van der Waals surface area contributed by atoms with E-state index in [1.54, 1.807) is 43.6 Å². The van der Waals surface area contributed by atoms with Gasteiger partial charge in [-0.1, -0.05) is 24.3 Å². The van der Waals surface area contributed by atoms with E-state index < -0.39 is 6.36 Å². The quantitative estimate of drug-likeness (QED) is 0.574. The normalized spacial score (nSPS) is 11.5. The van der Waals surface area contributed by atoms with Crippen molar-refractivity contribution in [1.82, 2.24) is 10.2 Å². The van der Waals surface area contributed by atoms with E-state index in [1.165, 1.54) is 12.1 Å². The van der Waals surface area contributed by atoms with Gasteiger partial charge in [0.25, 0.3) is 5.91 Å². The van der Waals surface area contributed by atoms with E-state index in [1.807, 2.05) is 18.2 Å². The highest BCUT2D eigenvalue weighted by Crippen LogP contribution is 2.23. The summed E-state index contributed by atoms with van der Waals surface area (Å²) in [4.78, 5) is 13.8. The lowest BCUT2D eigenvalue weighted by Crippen LogP contribution is -2.22. The summed E-state index contributed by atoms with van der Waals surface area (Å²) in [6.07, 6.45) is -3.12. The molecule has 0 saturated heterocycles. The Hall–Kier alpha value is -3.26. The maximum atomic E-state index is 12.3. The minimum absolute atomic E-state index is 0.157. The molecule has 3 aromatic rings. The molecule has 0 unspecified atom stereocenters. The number of furan rings is 1. The van der Waals surface area contributed by atoms with Crippen LogP contribution in [0.15, 0.2) is 71.3 Å². The molecule has 1 aromatic heterocycles. The first kappa shape index (κ1) is 21.4. The van der Waals surface area contributed by atoms with Gasteiger partial charge in [-0.25, -0.2) is 0 Å². The number of amides is 1. The molecule has 8 heteroatoms. The first-order valence-electron chi connectivity index (χ1n) is 9.23. The number of halogens is 3. The highest BCUT2D eigenvalue weighted by Gasteiger charge is 2.30. The average molecular weight is 418 g/mol. The fourth-order valence-corrected chi connectivity index (χ4v) is 3.01. The molecule has 2 aromatic carbocycles. The van der Waals surface area contributed by atoms with Gasteiger partial charge < -0.3 is 14.5 Å². The van der Waals surface area contributed by atoms with Crippen molar-refractivity contribution >= 4 is 5.91 Å². The van der Waals surface area contributed by atoms with E-state index in [2.05, 4.69) is 15.0 Å². The summed E-state index contributed by atoms with van der Waals surface area (Å²) >= 11 is 0. The SMILES string of the molecule is CNC(=O)c1ccc(CN(Cc2ccc(OC(F)(F)F)cc2)Cc2ccco2)cc1. The molecule has 30 heavy (non-hydrogen) atoms. The van der Waals surface area contributed by atoms with Gasteiger partial charge in [-0.15, -0.1) is 13.2 Å². The van der Waals surface area contributed by atoms with Crippen LogP contribution >= 0.6 is 0 Å². The molecule has 0 radical (unpaired) electrons. The van der Waals surface area contributed by atoms with Crippen molar-refractivity contribution in [3.8, 4) is 5.75 Å². The number of benzene rings is 2. The molecular weight excluding hydrogens is 397 g/mol. The number of alkyl halides is 3. The Bertz CT molecular complexity index is 937. The predicted octanol–water partition coefficient (Wildman–Crippen LogP) is 4.74. The van der Waals surface area contributed by atoms with Gasteiger partial charge in [-0.2, -0.15) is 0 Å². The van der Waals surface area contributed by atoms with Gasteiger partial charge >= 0.3 is 6.36 Å². The standard InChI is InChI=1S/C22H21F3N2O3/c1-26-21(28)18-8-4-16(5-9-18)13-27(15-20-3-2-12-29-20)14-17-6-10-19(11-7-17)30-22(23,24)25/h2-12H,13-15H2,1H3,(H,26,28). The monoisotopic (exact) mass is 418 g/mol. The molecule has 0 fully saturated rings. The zero-order chi connectivity index (χ0) is 21.6. The molecule has 0 aliphatic rings. The second kappa shape index (κ2) is 9.49. The number of rotatable bonds is 8. The van der Waals surface area contributed by atoms with E-state index in [9.17, 15) is 18.0 Å². The lowest BCUT2D eigenvalue weighted by molar-refractivity contribution is -0.274. The van der Waals surface area contributed by atoms with Crippen molar-refractivity contribution in [2.45, 2.75) is 26.0 Å². The second-order valence-corrected chi connectivity index (χ2v) is 6.69. The Balaban J connectivity index is 1.71. The van der Waals surface area contributed by atoms with E-state index in [0.717, 1.165) is 16.9 Å². The third kappa shape index (κ3) is 6.38. The van der Waals surface area contributed by atoms with Gasteiger partial charge in [0, 0.05) is 25.7 Å². The molecule has 158 valence electrons. The zero-order valence-corrected chi connectivity index (χ0v) is 16.3. The summed E-state index contributed by atoms with van der Waals surface area (Å²) in [6.45, 7) is 1.57. The predicted molar refractivity (Wildman–Crippen MR) is 105 cm³/mol. The topological polar surface area (TPSA) is 54.7 Å². The highest BCUT2D eigenvalue weighted by molar-refractivity contribution is 5.93. The molecule has 5 nitrogen and oxygen atoms in total. The van der Waals surface area contributed by atoms with Crippen LogP contribution in [0, 0.1) is 0 Å². The molecule has 0 aliphatic carbocycles. The fraction of sp³-hybridized carbons (Fsp3) is 0.227. The van der Waals surface area contributed by atoms with Crippen molar-refractivity contribution in [1.29, 1.82) is 0 Å². The smallest absolute Gasteiger partial charge is 0.468 e. The summed E-state index contributed by atoms with van der Waals surface area (Å²) < 4.78 is 46.4. The summed E-state index contributed by atoms with van der Waals surface area (Å²) in [5.74, 6) is 0.359. The van der Waals surface area contributed by atoms with Gasteiger partial charge in [-0.05, 0) is 47.5 Å². The Morgan fingerprint density at radius 3 is 2.07 bits per heavy atom. The number of ether oxygens (including phenoxy) is 1. The molecule has 0 atom stereocenters. The lowest BCUT2D eigenvalue weighted by Gasteiger charge is -2.22. The number of carbonyl (C=O) groups excluding carboxylic acids is 1. The van der Waals surface area contributed by atoms with Crippen molar-refractivity contribution in [2.24, 2.45) is 0 Å². The minimum atomic E-state index is -4.71. The maximum Gasteiger partial charge on any atom is 0.573 e. The third-order valence-corrected chi connectivity index (χ3v) is 4.37. The van der Waals surface area contributed by atoms with Crippen LogP contribution in [0.2, 0.25) is 0 Å². The van der Waals surface area contributed by atoms with Gasteiger partial charge in [-0.3, -0.25) is 9.69 Å². The molecule has 1 heterocycles. The minimum Gasteiger partial charge on any atom is -0.468 e. The first-order chi connectivity index (χ1) is 14.3. The number of nitrogens with one attached hydrogen (secondary N) is 1.